The highest BCUT2D eigenvalue weighted by Crippen LogP contribution is 2.21. The van der Waals surface area contributed by atoms with Gasteiger partial charge in [-0.25, -0.2) is 0 Å². The van der Waals surface area contributed by atoms with E-state index in [1.165, 1.54) is 0 Å². The largest absolute Gasteiger partial charge is 0.493 e. The second-order valence-corrected chi connectivity index (χ2v) is 5.41. The summed E-state index contributed by atoms with van der Waals surface area (Å²) in [5, 5.41) is 20.3. The molecule has 0 bridgehead atoms. The Morgan fingerprint density at radius 2 is 1.95 bits per heavy atom. The summed E-state index contributed by atoms with van der Waals surface area (Å²) in [6.07, 6.45) is 3.56. The maximum absolute atomic E-state index is 9.18. The molecule has 110 valence electrons. The molecule has 1 saturated heterocycles. The van der Waals surface area contributed by atoms with Gasteiger partial charge in [-0.15, -0.1) is 0 Å². The van der Waals surface area contributed by atoms with Gasteiger partial charge in [0, 0.05) is 13.0 Å². The minimum Gasteiger partial charge on any atom is -0.493 e. The van der Waals surface area contributed by atoms with Gasteiger partial charge in [-0.1, -0.05) is 24.3 Å². The van der Waals surface area contributed by atoms with Gasteiger partial charge in [0.05, 0.1) is 12.7 Å². The van der Waals surface area contributed by atoms with Crippen LogP contribution in [-0.4, -0.2) is 36.5 Å². The van der Waals surface area contributed by atoms with Crippen molar-refractivity contribution in [3.05, 3.63) is 36.4 Å². The molecular weight excluding hydrogens is 267 g/mol. The Bertz CT molecular complexity index is 608. The zero-order chi connectivity index (χ0) is 14.7. The molecule has 2 aromatic rings. The maximum Gasteiger partial charge on any atom is 0.488 e. The third kappa shape index (κ3) is 3.56. The van der Waals surface area contributed by atoms with Crippen molar-refractivity contribution < 1.29 is 19.5 Å². The third-order valence-electron chi connectivity index (χ3n) is 3.87. The average molecular weight is 286 g/mol. The van der Waals surface area contributed by atoms with E-state index in [9.17, 15) is 10.0 Å². The molecule has 1 heterocycles. The zero-order valence-electron chi connectivity index (χ0n) is 11.9. The van der Waals surface area contributed by atoms with Crippen LogP contribution in [0.4, 0.5) is 0 Å². The molecule has 0 amide bonds. The summed E-state index contributed by atoms with van der Waals surface area (Å²) in [6.45, 7) is 1.53. The van der Waals surface area contributed by atoms with Gasteiger partial charge >= 0.3 is 7.12 Å². The standard InChI is InChI=1S/C16H19BO4/c18-17(19)14-5-3-13-11-16(6-4-12(13)10-14)21-9-7-15-2-1-8-20-15/h3-6,10-11,15,18-19H,1-2,7-9H2. The van der Waals surface area contributed by atoms with Crippen molar-refractivity contribution >= 4 is 23.4 Å². The van der Waals surface area contributed by atoms with E-state index in [1.54, 1.807) is 12.1 Å². The molecule has 4 nitrogen and oxygen atoms in total. The van der Waals surface area contributed by atoms with Crippen LogP contribution in [0.15, 0.2) is 36.4 Å². The Labute approximate surface area is 124 Å². The molecule has 0 radical (unpaired) electrons. The molecule has 2 aromatic carbocycles. The van der Waals surface area contributed by atoms with E-state index >= 15 is 0 Å². The third-order valence-corrected chi connectivity index (χ3v) is 3.87. The van der Waals surface area contributed by atoms with Gasteiger partial charge in [-0.05, 0) is 41.2 Å². The first-order chi connectivity index (χ1) is 10.2. The van der Waals surface area contributed by atoms with E-state index in [0.717, 1.165) is 42.4 Å². The van der Waals surface area contributed by atoms with Crippen molar-refractivity contribution in [3.8, 4) is 5.75 Å². The molecular formula is C16H19BO4. The number of fused-ring (bicyclic) bond motifs is 1. The summed E-state index contributed by atoms with van der Waals surface area (Å²) in [5.74, 6) is 0.831. The Kier molecular flexibility index (Phi) is 4.43. The van der Waals surface area contributed by atoms with E-state index < -0.39 is 7.12 Å². The predicted molar refractivity (Wildman–Crippen MR) is 82.9 cm³/mol. The van der Waals surface area contributed by atoms with E-state index in [-0.39, 0.29) is 0 Å². The van der Waals surface area contributed by atoms with Gasteiger partial charge in [0.2, 0.25) is 0 Å². The lowest BCUT2D eigenvalue weighted by Crippen LogP contribution is -2.29. The monoisotopic (exact) mass is 286 g/mol. The summed E-state index contributed by atoms with van der Waals surface area (Å²) >= 11 is 0. The molecule has 0 aliphatic carbocycles. The molecule has 1 unspecified atom stereocenters. The topological polar surface area (TPSA) is 58.9 Å². The molecule has 1 aliphatic heterocycles. The minimum atomic E-state index is -1.43. The smallest absolute Gasteiger partial charge is 0.488 e. The molecule has 3 rings (SSSR count). The van der Waals surface area contributed by atoms with E-state index in [1.807, 2.05) is 24.3 Å². The molecule has 0 spiro atoms. The highest BCUT2D eigenvalue weighted by Gasteiger charge is 2.15. The van der Waals surface area contributed by atoms with Crippen LogP contribution in [0.1, 0.15) is 19.3 Å². The van der Waals surface area contributed by atoms with Gasteiger partial charge in [-0.2, -0.15) is 0 Å². The molecule has 21 heavy (non-hydrogen) atoms. The molecule has 2 N–H and O–H groups in total. The number of benzene rings is 2. The fourth-order valence-corrected chi connectivity index (χ4v) is 2.67. The van der Waals surface area contributed by atoms with Gasteiger partial charge in [0.25, 0.3) is 0 Å². The van der Waals surface area contributed by atoms with E-state index in [2.05, 4.69) is 0 Å². The highest BCUT2D eigenvalue weighted by molar-refractivity contribution is 6.58. The van der Waals surface area contributed by atoms with Crippen LogP contribution >= 0.6 is 0 Å². The van der Waals surface area contributed by atoms with Crippen molar-refractivity contribution in [1.29, 1.82) is 0 Å². The van der Waals surface area contributed by atoms with Crippen molar-refractivity contribution in [2.75, 3.05) is 13.2 Å². The van der Waals surface area contributed by atoms with Crippen molar-refractivity contribution in [1.82, 2.24) is 0 Å². The second kappa shape index (κ2) is 6.47. The van der Waals surface area contributed by atoms with Gasteiger partial charge in [0.15, 0.2) is 0 Å². The Morgan fingerprint density at radius 3 is 2.71 bits per heavy atom. The highest BCUT2D eigenvalue weighted by atomic mass is 16.5. The zero-order valence-corrected chi connectivity index (χ0v) is 11.9. The fraction of sp³-hybridized carbons (Fsp3) is 0.375. The van der Waals surface area contributed by atoms with Crippen LogP contribution in [0, 0.1) is 0 Å². The number of rotatable bonds is 5. The minimum absolute atomic E-state index is 0.346. The van der Waals surface area contributed by atoms with E-state index in [0.29, 0.717) is 18.2 Å². The van der Waals surface area contributed by atoms with E-state index in [4.69, 9.17) is 9.47 Å². The Balaban J connectivity index is 1.64. The number of hydrogen-bond acceptors (Lipinski definition) is 4. The SMILES string of the molecule is OB(O)c1ccc2cc(OCCC3CCCO3)ccc2c1. The molecule has 1 atom stereocenters. The molecule has 0 saturated carbocycles. The lowest BCUT2D eigenvalue weighted by atomic mass is 9.79. The number of ether oxygens (including phenoxy) is 2. The maximum atomic E-state index is 9.18. The summed E-state index contributed by atoms with van der Waals surface area (Å²) in [6, 6.07) is 11.2. The Morgan fingerprint density at radius 1 is 1.14 bits per heavy atom. The first-order valence-electron chi connectivity index (χ1n) is 7.36. The second-order valence-electron chi connectivity index (χ2n) is 5.41. The van der Waals surface area contributed by atoms with Crippen molar-refractivity contribution in [2.24, 2.45) is 0 Å². The van der Waals surface area contributed by atoms with Crippen LogP contribution in [0.2, 0.25) is 0 Å². The quantitative estimate of drug-likeness (QED) is 0.817. The predicted octanol–water partition coefficient (Wildman–Crippen LogP) is 1.47. The molecule has 1 aliphatic rings. The van der Waals surface area contributed by atoms with Gasteiger partial charge in [-0.3, -0.25) is 0 Å². The lowest BCUT2D eigenvalue weighted by Gasteiger charge is -2.11. The molecule has 1 fully saturated rings. The van der Waals surface area contributed by atoms with Crippen molar-refractivity contribution in [3.63, 3.8) is 0 Å². The summed E-state index contributed by atoms with van der Waals surface area (Å²) < 4.78 is 11.3. The van der Waals surface area contributed by atoms with Crippen LogP contribution < -0.4 is 10.2 Å². The normalized spacial score (nSPS) is 18.1. The summed E-state index contributed by atoms with van der Waals surface area (Å²) in [7, 11) is -1.43. The first kappa shape index (κ1) is 14.4. The van der Waals surface area contributed by atoms with Crippen LogP contribution in [-0.2, 0) is 4.74 Å². The van der Waals surface area contributed by atoms with Gasteiger partial charge < -0.3 is 19.5 Å². The van der Waals surface area contributed by atoms with Crippen LogP contribution in [0.3, 0.4) is 0 Å². The molecule has 5 heteroatoms. The number of hydrogen-bond donors (Lipinski definition) is 2. The van der Waals surface area contributed by atoms with Crippen LogP contribution in [0.25, 0.3) is 10.8 Å². The average Bonchev–Trinajstić information content (AvgIpc) is 3.00. The van der Waals surface area contributed by atoms with Gasteiger partial charge in [0.1, 0.15) is 5.75 Å². The van der Waals surface area contributed by atoms with Crippen molar-refractivity contribution in [2.45, 2.75) is 25.4 Å². The van der Waals surface area contributed by atoms with Crippen LogP contribution in [0.5, 0.6) is 5.75 Å². The summed E-state index contributed by atoms with van der Waals surface area (Å²) in [5.41, 5.74) is 0.495. The molecule has 0 aromatic heterocycles. The Hall–Kier alpha value is -1.56. The summed E-state index contributed by atoms with van der Waals surface area (Å²) in [4.78, 5) is 0. The lowest BCUT2D eigenvalue weighted by molar-refractivity contribution is 0.0904. The first-order valence-corrected chi connectivity index (χ1v) is 7.36. The fourth-order valence-electron chi connectivity index (χ4n) is 2.67.